The number of likely N-dealkylation sites (N-methyl/N-ethyl adjacent to an activating group) is 1. The van der Waals surface area contributed by atoms with Gasteiger partial charge in [0.25, 0.3) is 7.82 Å². The Kier molecular flexibility index (Phi) is 53.4. The summed E-state index contributed by atoms with van der Waals surface area (Å²) in [7, 11) is 1.21. The second-order valence-electron chi connectivity index (χ2n) is 21.0. The molecule has 8 nitrogen and oxygen atoms in total. The van der Waals surface area contributed by atoms with E-state index in [4.69, 9.17) is 9.05 Å². The van der Waals surface area contributed by atoms with Crippen molar-refractivity contribution in [2.24, 2.45) is 0 Å². The lowest BCUT2D eigenvalue weighted by atomic mass is 10.1. The number of amides is 1. The molecular weight excluding hydrogens is 960 g/mol. The Morgan fingerprint density at radius 3 is 1.22 bits per heavy atom. The summed E-state index contributed by atoms with van der Waals surface area (Å²) < 4.78 is 23.3. The van der Waals surface area contributed by atoms with E-state index in [0.29, 0.717) is 17.4 Å². The molecule has 0 saturated heterocycles. The summed E-state index contributed by atoms with van der Waals surface area (Å²) in [6.07, 6.45) is 86.4. The third kappa shape index (κ3) is 58.1. The predicted octanol–water partition coefficient (Wildman–Crippen LogP) is 18.2. The van der Waals surface area contributed by atoms with E-state index in [-0.39, 0.29) is 12.5 Å². The minimum Gasteiger partial charge on any atom is -0.756 e. The van der Waals surface area contributed by atoms with Gasteiger partial charge in [-0.3, -0.25) is 9.36 Å². The van der Waals surface area contributed by atoms with Crippen LogP contribution in [0.25, 0.3) is 0 Å². The summed E-state index contributed by atoms with van der Waals surface area (Å²) in [5, 5.41) is 13.8. The van der Waals surface area contributed by atoms with Gasteiger partial charge < -0.3 is 28.8 Å². The molecular formula is C67H113N2O6P. The minimum absolute atomic E-state index is 0.0172. The molecule has 0 bridgehead atoms. The number of phosphoric acid groups is 1. The number of phosphoric ester groups is 1. The lowest BCUT2D eigenvalue weighted by Gasteiger charge is -2.29. The van der Waals surface area contributed by atoms with Gasteiger partial charge in [-0.1, -0.05) is 250 Å². The third-order valence-electron chi connectivity index (χ3n) is 12.5. The van der Waals surface area contributed by atoms with Crippen molar-refractivity contribution in [3.05, 3.63) is 146 Å². The number of aliphatic hydroxyl groups is 1. The molecule has 0 heterocycles. The van der Waals surface area contributed by atoms with Crippen LogP contribution in [0.15, 0.2) is 146 Å². The molecule has 0 aliphatic heterocycles. The molecule has 3 atom stereocenters. The molecule has 0 aromatic carbocycles. The SMILES string of the molecule is CC/C=C\C/C=C\C/C=C\C/C=C\C/C=C\C/C=C\C/C=C\C/C=C\C/C=C\C/C=C\CCCCCCCCC(=O)NC(COP(=O)([O-])OCC[N+](C)(C)C)C(O)/C=C/CC/C=C/CCCCCCCCCCCCC. The molecule has 0 aromatic rings. The number of quaternary nitrogens is 1. The molecule has 0 aliphatic carbocycles. The zero-order valence-electron chi connectivity index (χ0n) is 49.1. The van der Waals surface area contributed by atoms with E-state index in [1.165, 1.54) is 70.6 Å². The molecule has 0 fully saturated rings. The number of rotatable bonds is 53. The van der Waals surface area contributed by atoms with Crippen molar-refractivity contribution in [1.29, 1.82) is 0 Å². The summed E-state index contributed by atoms with van der Waals surface area (Å²) in [5.74, 6) is -0.228. The molecule has 0 saturated carbocycles. The number of unbranched alkanes of at least 4 members (excludes halogenated alkanes) is 18. The van der Waals surface area contributed by atoms with Crippen molar-refractivity contribution < 1.29 is 32.9 Å². The van der Waals surface area contributed by atoms with Crippen molar-refractivity contribution in [1.82, 2.24) is 5.32 Å². The van der Waals surface area contributed by atoms with Crippen LogP contribution in [0, 0.1) is 0 Å². The number of nitrogens with one attached hydrogen (secondary N) is 1. The van der Waals surface area contributed by atoms with E-state index >= 15 is 0 Å². The summed E-state index contributed by atoms with van der Waals surface area (Å²) in [6.45, 7) is 4.48. The van der Waals surface area contributed by atoms with Crippen molar-refractivity contribution in [3.63, 3.8) is 0 Å². The average Bonchev–Trinajstić information content (AvgIpc) is 3.38. The van der Waals surface area contributed by atoms with E-state index in [2.05, 4.69) is 153 Å². The van der Waals surface area contributed by atoms with Crippen molar-refractivity contribution in [2.75, 3.05) is 40.9 Å². The topological polar surface area (TPSA) is 108 Å². The highest BCUT2D eigenvalue weighted by atomic mass is 31.2. The number of carbonyl (C=O) groups excluding carboxylic acids is 1. The number of nitrogens with zero attached hydrogens (tertiary/aromatic N) is 1. The highest BCUT2D eigenvalue weighted by Gasteiger charge is 2.23. The van der Waals surface area contributed by atoms with Gasteiger partial charge in [0.1, 0.15) is 13.2 Å². The molecule has 9 heteroatoms. The van der Waals surface area contributed by atoms with E-state index in [9.17, 15) is 19.4 Å². The highest BCUT2D eigenvalue weighted by Crippen LogP contribution is 2.38. The van der Waals surface area contributed by atoms with Gasteiger partial charge in [0.15, 0.2) is 0 Å². The smallest absolute Gasteiger partial charge is 0.268 e. The largest absolute Gasteiger partial charge is 0.756 e. The maximum atomic E-state index is 13.0. The molecule has 432 valence electrons. The fraction of sp³-hybridized carbons (Fsp3) is 0.627. The van der Waals surface area contributed by atoms with Crippen LogP contribution in [-0.4, -0.2) is 68.5 Å². The first-order chi connectivity index (χ1) is 37.0. The lowest BCUT2D eigenvalue weighted by Crippen LogP contribution is -2.45. The Hall–Kier alpha value is -3.62. The van der Waals surface area contributed by atoms with Crippen LogP contribution in [0.2, 0.25) is 0 Å². The Balaban J connectivity index is 4.25. The summed E-state index contributed by atoms with van der Waals surface area (Å²) in [5.41, 5.74) is 0. The van der Waals surface area contributed by atoms with Gasteiger partial charge in [0.2, 0.25) is 5.91 Å². The van der Waals surface area contributed by atoms with Crippen LogP contribution < -0.4 is 10.2 Å². The zero-order valence-corrected chi connectivity index (χ0v) is 50.0. The highest BCUT2D eigenvalue weighted by molar-refractivity contribution is 7.45. The first kappa shape index (κ1) is 72.4. The van der Waals surface area contributed by atoms with Gasteiger partial charge in [0.05, 0.1) is 39.9 Å². The van der Waals surface area contributed by atoms with Gasteiger partial charge in [-0.05, 0) is 109 Å². The fourth-order valence-corrected chi connectivity index (χ4v) is 8.57. The van der Waals surface area contributed by atoms with Crippen LogP contribution in [0.4, 0.5) is 0 Å². The average molecular weight is 1070 g/mol. The molecule has 0 rings (SSSR count). The lowest BCUT2D eigenvalue weighted by molar-refractivity contribution is -0.870. The van der Waals surface area contributed by atoms with Gasteiger partial charge in [-0.25, -0.2) is 0 Å². The quantitative estimate of drug-likeness (QED) is 0.0272. The number of carbonyl (C=O) groups is 1. The van der Waals surface area contributed by atoms with E-state index in [1.807, 2.05) is 27.2 Å². The molecule has 0 spiro atoms. The second kappa shape index (κ2) is 56.1. The number of hydrogen-bond acceptors (Lipinski definition) is 6. The van der Waals surface area contributed by atoms with Crippen molar-refractivity contribution in [2.45, 2.75) is 231 Å². The van der Waals surface area contributed by atoms with Crippen LogP contribution >= 0.6 is 7.82 Å². The van der Waals surface area contributed by atoms with Gasteiger partial charge >= 0.3 is 0 Å². The Morgan fingerprint density at radius 2 is 0.816 bits per heavy atom. The van der Waals surface area contributed by atoms with Crippen LogP contribution in [0.1, 0.15) is 219 Å². The van der Waals surface area contributed by atoms with E-state index < -0.39 is 26.6 Å². The number of hydrogen-bond donors (Lipinski definition) is 2. The van der Waals surface area contributed by atoms with Gasteiger partial charge in [-0.2, -0.15) is 0 Å². The normalized spacial score (nSPS) is 14.9. The monoisotopic (exact) mass is 1070 g/mol. The first-order valence-electron chi connectivity index (χ1n) is 30.2. The second-order valence-corrected chi connectivity index (χ2v) is 22.4. The standard InChI is InChI=1S/C67H113N2O6P/c1-6-8-10-12-14-16-18-20-22-24-25-26-27-28-29-30-31-32-33-34-35-36-37-38-39-40-41-42-43-45-47-49-51-53-55-57-59-61-67(71)68-65(64-75-76(72,73)74-63-62-69(3,4)5)66(70)60-58-56-54-52-50-48-46-44-23-21-19-17-15-13-11-9-7-2/h8,10,14,16,20,22,25-26,28-29,31-32,34-35,37-38,40-41,43,45,50,52,58,60,65-66,70H,6-7,9,11-13,15,17-19,21,23-24,27,30,33,36,39,42,44,46-49,51,53-57,59,61-64H2,1-5H3,(H-,68,71,72,73)/b10-8-,16-14-,22-20-,26-25-,29-28-,32-31-,35-34-,38-37-,41-40-,45-43-,52-50+,60-58+. The van der Waals surface area contributed by atoms with E-state index in [0.717, 1.165) is 128 Å². The molecule has 0 aromatic heterocycles. The van der Waals surface area contributed by atoms with Gasteiger partial charge in [-0.15, -0.1) is 0 Å². The van der Waals surface area contributed by atoms with Gasteiger partial charge in [0, 0.05) is 6.42 Å². The molecule has 0 radical (unpaired) electrons. The van der Waals surface area contributed by atoms with E-state index in [1.54, 1.807) is 6.08 Å². The van der Waals surface area contributed by atoms with Crippen LogP contribution in [-0.2, 0) is 18.4 Å². The number of aliphatic hydroxyl groups excluding tert-OH is 1. The summed E-state index contributed by atoms with van der Waals surface area (Å²) >= 11 is 0. The minimum atomic E-state index is -4.62. The van der Waals surface area contributed by atoms with Crippen molar-refractivity contribution >= 4 is 13.7 Å². The molecule has 76 heavy (non-hydrogen) atoms. The summed E-state index contributed by atoms with van der Waals surface area (Å²) in [6, 6.07) is -0.923. The maximum absolute atomic E-state index is 13.0. The van der Waals surface area contributed by atoms with Crippen LogP contribution in [0.3, 0.4) is 0 Å². The first-order valence-corrected chi connectivity index (χ1v) is 31.7. The fourth-order valence-electron chi connectivity index (χ4n) is 7.84. The zero-order chi connectivity index (χ0) is 55.6. The summed E-state index contributed by atoms with van der Waals surface area (Å²) in [4.78, 5) is 25.5. The maximum Gasteiger partial charge on any atom is 0.268 e. The molecule has 0 aliphatic rings. The Bertz CT molecular complexity index is 1740. The van der Waals surface area contributed by atoms with Crippen molar-refractivity contribution in [3.8, 4) is 0 Å². The van der Waals surface area contributed by atoms with Crippen LogP contribution in [0.5, 0.6) is 0 Å². The predicted molar refractivity (Wildman–Crippen MR) is 329 cm³/mol. The number of allylic oxidation sites excluding steroid dienone is 23. The molecule has 2 N–H and O–H groups in total. The molecule has 3 unspecified atom stereocenters. The third-order valence-corrected chi connectivity index (χ3v) is 13.5. The molecule has 1 amide bonds. The Labute approximate surface area is 468 Å². The Morgan fingerprint density at radius 1 is 0.474 bits per heavy atom.